The van der Waals surface area contributed by atoms with Crippen LogP contribution in [-0.4, -0.2) is 20.5 Å². The third-order valence-corrected chi connectivity index (χ3v) is 3.41. The van der Waals surface area contributed by atoms with E-state index in [-0.39, 0.29) is 16.5 Å². The van der Waals surface area contributed by atoms with Gasteiger partial charge in [0.05, 0.1) is 12.0 Å². The Morgan fingerprint density at radius 2 is 2.10 bits per heavy atom. The van der Waals surface area contributed by atoms with E-state index in [1.807, 2.05) is 0 Å². The predicted molar refractivity (Wildman–Crippen MR) is 68.2 cm³/mol. The average molecular weight is 348 g/mol. The van der Waals surface area contributed by atoms with Crippen LogP contribution in [0.1, 0.15) is 21.7 Å². The summed E-state index contributed by atoms with van der Waals surface area (Å²) in [4.78, 5) is 15.9. The molecule has 0 saturated carbocycles. The molecule has 0 fully saturated rings. The molecule has 2 rings (SSSR count). The fourth-order valence-corrected chi connectivity index (χ4v) is 2.11. The summed E-state index contributed by atoms with van der Waals surface area (Å²) in [6.45, 7) is 0. The summed E-state index contributed by atoms with van der Waals surface area (Å²) in [5.41, 5.74) is -0.884. The number of aromatic nitrogens is 3. The van der Waals surface area contributed by atoms with Crippen LogP contribution in [0.2, 0.25) is 0 Å². The van der Waals surface area contributed by atoms with Gasteiger partial charge in [-0.05, 0) is 12.1 Å². The smallest absolute Gasteiger partial charge is 0.294 e. The van der Waals surface area contributed by atoms with Gasteiger partial charge in [0, 0.05) is 17.1 Å². The first-order valence-corrected chi connectivity index (χ1v) is 6.31. The first kappa shape index (κ1) is 14.7. The Bertz CT molecular complexity index is 652. The number of nitrogens with zero attached hydrogens (tertiary/aromatic N) is 3. The molecule has 0 aliphatic carbocycles. The van der Waals surface area contributed by atoms with Gasteiger partial charge >= 0.3 is 6.18 Å². The highest BCUT2D eigenvalue weighted by molar-refractivity contribution is 9.10. The lowest BCUT2D eigenvalue weighted by molar-refractivity contribution is -0.138. The number of Topliss-reactive ketones (excluding diaryl/α,β-unsaturated/α-hetero) is 1. The van der Waals surface area contributed by atoms with Gasteiger partial charge in [-0.2, -0.15) is 18.3 Å². The monoisotopic (exact) mass is 347 g/mol. The van der Waals surface area contributed by atoms with Crippen molar-refractivity contribution in [2.24, 2.45) is 7.05 Å². The second-order valence-corrected chi connectivity index (χ2v) is 4.95. The van der Waals surface area contributed by atoms with Gasteiger partial charge in [0.25, 0.3) is 0 Å². The second kappa shape index (κ2) is 5.35. The zero-order chi connectivity index (χ0) is 14.9. The van der Waals surface area contributed by atoms with Gasteiger partial charge in [0.2, 0.25) is 0 Å². The molecule has 0 bridgehead atoms. The Morgan fingerprint density at radius 1 is 1.40 bits per heavy atom. The van der Waals surface area contributed by atoms with Crippen LogP contribution in [0.15, 0.2) is 29.0 Å². The molecule has 1 heterocycles. The number of hydrogen-bond acceptors (Lipinski definition) is 3. The minimum Gasteiger partial charge on any atom is -0.294 e. The Hall–Kier alpha value is -1.70. The number of ketones is 1. The van der Waals surface area contributed by atoms with Crippen LogP contribution in [0, 0.1) is 0 Å². The minimum atomic E-state index is -4.51. The van der Waals surface area contributed by atoms with E-state index in [4.69, 9.17) is 0 Å². The number of halogens is 4. The molecule has 0 aliphatic rings. The van der Waals surface area contributed by atoms with Crippen molar-refractivity contribution >= 4 is 21.7 Å². The van der Waals surface area contributed by atoms with Gasteiger partial charge in [-0.3, -0.25) is 9.48 Å². The molecule has 106 valence electrons. The van der Waals surface area contributed by atoms with Crippen LogP contribution in [0.4, 0.5) is 13.2 Å². The van der Waals surface area contributed by atoms with Gasteiger partial charge in [-0.1, -0.05) is 22.0 Å². The van der Waals surface area contributed by atoms with E-state index in [0.29, 0.717) is 5.82 Å². The Balaban J connectivity index is 2.29. The Morgan fingerprint density at radius 3 is 2.65 bits per heavy atom. The van der Waals surface area contributed by atoms with Crippen molar-refractivity contribution < 1.29 is 18.0 Å². The van der Waals surface area contributed by atoms with Gasteiger partial charge in [-0.15, -0.1) is 0 Å². The zero-order valence-corrected chi connectivity index (χ0v) is 11.9. The van der Waals surface area contributed by atoms with E-state index >= 15 is 0 Å². The van der Waals surface area contributed by atoms with E-state index in [1.54, 1.807) is 7.05 Å². The molecule has 0 spiro atoms. The van der Waals surface area contributed by atoms with Crippen molar-refractivity contribution in [1.29, 1.82) is 0 Å². The minimum absolute atomic E-state index is 0.0106. The first-order valence-electron chi connectivity index (χ1n) is 5.52. The van der Waals surface area contributed by atoms with E-state index in [9.17, 15) is 18.0 Å². The SMILES string of the molecule is Cn1ncnc1CC(=O)c1ccc(Br)c(C(F)(F)F)c1. The lowest BCUT2D eigenvalue weighted by Crippen LogP contribution is -2.12. The summed E-state index contributed by atoms with van der Waals surface area (Å²) in [6.07, 6.45) is -3.33. The summed E-state index contributed by atoms with van der Waals surface area (Å²) in [5, 5.41) is 3.80. The standard InChI is InChI=1S/C12H9BrF3N3O/c1-19-11(17-6-18-19)5-10(20)7-2-3-9(13)8(4-7)12(14,15)16/h2-4,6H,5H2,1H3. The molecular weight excluding hydrogens is 339 g/mol. The van der Waals surface area contributed by atoms with Gasteiger partial charge in [0.1, 0.15) is 12.2 Å². The van der Waals surface area contributed by atoms with Crippen molar-refractivity contribution in [3.8, 4) is 0 Å². The number of carbonyl (C=O) groups excluding carboxylic acids is 1. The van der Waals surface area contributed by atoms with Crippen LogP contribution in [0.3, 0.4) is 0 Å². The maximum absolute atomic E-state index is 12.8. The fourth-order valence-electron chi connectivity index (χ4n) is 1.64. The predicted octanol–water partition coefficient (Wildman–Crippen LogP) is 3.02. The second-order valence-electron chi connectivity index (χ2n) is 4.09. The molecule has 1 aromatic heterocycles. The molecule has 0 saturated heterocycles. The molecule has 0 unspecified atom stereocenters. The molecule has 0 N–H and O–H groups in total. The third kappa shape index (κ3) is 3.06. The molecule has 0 atom stereocenters. The van der Waals surface area contributed by atoms with Gasteiger partial charge in [0.15, 0.2) is 5.78 Å². The summed E-state index contributed by atoms with van der Waals surface area (Å²) in [5.74, 6) is -0.0504. The van der Waals surface area contributed by atoms with Crippen LogP contribution < -0.4 is 0 Å². The summed E-state index contributed by atoms with van der Waals surface area (Å²) < 4.78 is 39.6. The molecule has 8 heteroatoms. The number of hydrogen-bond donors (Lipinski definition) is 0. The molecule has 4 nitrogen and oxygen atoms in total. The highest BCUT2D eigenvalue weighted by Gasteiger charge is 2.33. The number of aryl methyl sites for hydroxylation is 1. The lowest BCUT2D eigenvalue weighted by Gasteiger charge is -2.10. The van der Waals surface area contributed by atoms with E-state index in [1.165, 1.54) is 23.1 Å². The zero-order valence-electron chi connectivity index (χ0n) is 10.3. The summed E-state index contributed by atoms with van der Waals surface area (Å²) >= 11 is 2.83. The number of rotatable bonds is 3. The maximum Gasteiger partial charge on any atom is 0.417 e. The van der Waals surface area contributed by atoms with E-state index in [0.717, 1.165) is 6.07 Å². The molecule has 0 radical (unpaired) electrons. The van der Waals surface area contributed by atoms with Crippen LogP contribution in [-0.2, 0) is 19.6 Å². The fraction of sp³-hybridized carbons (Fsp3) is 0.250. The normalized spacial score (nSPS) is 11.7. The van der Waals surface area contributed by atoms with Crippen molar-refractivity contribution in [2.75, 3.05) is 0 Å². The quantitative estimate of drug-likeness (QED) is 0.802. The third-order valence-electron chi connectivity index (χ3n) is 2.72. The van der Waals surface area contributed by atoms with E-state index < -0.39 is 17.5 Å². The highest BCUT2D eigenvalue weighted by atomic mass is 79.9. The van der Waals surface area contributed by atoms with Crippen molar-refractivity contribution in [1.82, 2.24) is 14.8 Å². The molecule has 20 heavy (non-hydrogen) atoms. The van der Waals surface area contributed by atoms with Crippen LogP contribution in [0.5, 0.6) is 0 Å². The molecular formula is C12H9BrF3N3O. The topological polar surface area (TPSA) is 47.8 Å². The molecule has 1 aromatic carbocycles. The van der Waals surface area contributed by atoms with Crippen molar-refractivity contribution in [2.45, 2.75) is 12.6 Å². The van der Waals surface area contributed by atoms with E-state index in [2.05, 4.69) is 26.0 Å². The number of carbonyl (C=O) groups is 1. The van der Waals surface area contributed by atoms with Gasteiger partial charge in [-0.25, -0.2) is 4.98 Å². The largest absolute Gasteiger partial charge is 0.417 e. The average Bonchev–Trinajstić information content (AvgIpc) is 2.74. The van der Waals surface area contributed by atoms with Crippen molar-refractivity contribution in [3.63, 3.8) is 0 Å². The van der Waals surface area contributed by atoms with Crippen LogP contribution >= 0.6 is 15.9 Å². The Kier molecular flexibility index (Phi) is 3.94. The molecule has 2 aromatic rings. The van der Waals surface area contributed by atoms with Crippen LogP contribution in [0.25, 0.3) is 0 Å². The Labute approximate surface area is 120 Å². The maximum atomic E-state index is 12.8. The highest BCUT2D eigenvalue weighted by Crippen LogP contribution is 2.35. The molecule has 0 aliphatic heterocycles. The lowest BCUT2D eigenvalue weighted by atomic mass is 10.0. The summed E-state index contributed by atoms with van der Waals surface area (Å²) in [6, 6.07) is 3.40. The summed E-state index contributed by atoms with van der Waals surface area (Å²) in [7, 11) is 1.61. The number of alkyl halides is 3. The van der Waals surface area contributed by atoms with Crippen molar-refractivity contribution in [3.05, 3.63) is 46.0 Å². The first-order chi connectivity index (χ1) is 9.29. The number of benzene rings is 1. The molecule has 0 amide bonds. The van der Waals surface area contributed by atoms with Gasteiger partial charge < -0.3 is 0 Å².